The Morgan fingerprint density at radius 1 is 0.906 bits per heavy atom. The van der Waals surface area contributed by atoms with Gasteiger partial charge < -0.3 is 30.8 Å². The minimum absolute atomic E-state index is 0.00165. The number of nitrogens with zero attached hydrogens (tertiary/aromatic N) is 1. The molecule has 53 heavy (non-hydrogen) atoms. The lowest BCUT2D eigenvalue weighted by Gasteiger charge is -2.44. The summed E-state index contributed by atoms with van der Waals surface area (Å²) in [6.07, 6.45) is -0.440. The van der Waals surface area contributed by atoms with E-state index in [1.807, 2.05) is 60.7 Å². The summed E-state index contributed by atoms with van der Waals surface area (Å²) in [6, 6.07) is 19.4. The zero-order valence-electron chi connectivity index (χ0n) is 31.9. The monoisotopic (exact) mass is 755 g/mol. The molecule has 0 radical (unpaired) electrons. The molecule has 290 valence electrons. The third kappa shape index (κ3) is 11.4. The predicted molar refractivity (Wildman–Crippen MR) is 205 cm³/mol. The fourth-order valence-corrected chi connectivity index (χ4v) is 11.6. The second kappa shape index (κ2) is 17.6. The van der Waals surface area contributed by atoms with E-state index in [-0.39, 0.29) is 23.4 Å². The number of alkyl halides is 3. The molecule has 0 bridgehead atoms. The molecule has 1 aliphatic carbocycles. The Balaban J connectivity index is 1.67. The molecule has 2 amide bonds. The third-order valence-corrected chi connectivity index (χ3v) is 14.8. The molecule has 1 saturated carbocycles. The normalized spacial score (nSPS) is 18.8. The van der Waals surface area contributed by atoms with Crippen molar-refractivity contribution < 1.29 is 31.9 Å². The van der Waals surface area contributed by atoms with E-state index in [9.17, 15) is 22.8 Å². The number of amides is 2. The molecule has 9 nitrogen and oxygen atoms in total. The highest BCUT2D eigenvalue weighted by Gasteiger charge is 2.50. The van der Waals surface area contributed by atoms with E-state index in [0.29, 0.717) is 11.5 Å². The number of alkyl carbamates (subject to hydrolysis) is 1. The van der Waals surface area contributed by atoms with Crippen LogP contribution in [0.1, 0.15) is 85.8 Å². The van der Waals surface area contributed by atoms with E-state index >= 15 is 0 Å². The van der Waals surface area contributed by atoms with Gasteiger partial charge in [0.05, 0.1) is 12.6 Å². The largest absolute Gasteiger partial charge is 0.444 e. The fourth-order valence-electron chi connectivity index (χ4n) is 7.02. The Bertz CT molecular complexity index is 1590. The Hall–Kier alpha value is -3.78. The van der Waals surface area contributed by atoms with Crippen molar-refractivity contribution in [2.45, 2.75) is 109 Å². The maximum absolute atomic E-state index is 13.9. The van der Waals surface area contributed by atoms with E-state index in [0.717, 1.165) is 36.1 Å². The molecule has 1 unspecified atom stereocenters. The van der Waals surface area contributed by atoms with Crippen molar-refractivity contribution in [3.63, 3.8) is 0 Å². The zero-order valence-corrected chi connectivity index (χ0v) is 32.9. The lowest BCUT2D eigenvalue weighted by atomic mass is 9.79. The number of carbonyl (C=O) groups excluding carboxylic acids is 2. The number of aromatic nitrogens is 1. The molecule has 3 atom stereocenters. The number of carbonyl (C=O) groups is 2. The zero-order chi connectivity index (χ0) is 39.0. The molecule has 0 aliphatic heterocycles. The third-order valence-electron chi connectivity index (χ3n) is 9.81. The van der Waals surface area contributed by atoms with Crippen LogP contribution >= 0.6 is 0 Å². The minimum Gasteiger partial charge on any atom is -0.444 e. The molecule has 4 rings (SSSR count). The van der Waals surface area contributed by atoms with Crippen LogP contribution < -0.4 is 32.1 Å². The first kappa shape index (κ1) is 42.0. The van der Waals surface area contributed by atoms with Crippen molar-refractivity contribution in [1.29, 1.82) is 0 Å². The number of pyridine rings is 1. The van der Waals surface area contributed by atoms with Crippen LogP contribution in [0.5, 0.6) is 0 Å². The lowest BCUT2D eigenvalue weighted by molar-refractivity contribution is -0.146. The molecule has 2 aromatic carbocycles. The van der Waals surface area contributed by atoms with Crippen LogP contribution in [0.3, 0.4) is 0 Å². The number of ether oxygens (including phenoxy) is 1. The number of benzene rings is 2. The standard InChI is InChI=1S/C40H56F3N5O4Si/c1-27-18-20-28(21-19-27)35(48-37(50)52-38(2,3)4)36(49)47-34-24-29(22-23-45-34)32(46-25-33(44)40(41,42)43)26-51-53(39(5,6)7,30-14-10-8-11-15-30)31-16-12-9-13-17-31/h8-17,22-24,27-28,32-33,35,46H,18-21,25-26,44H2,1-7H3,(H,48,50)(H,45,47,49)/t27?,28?,32?,33-,35-/m0/s1. The summed E-state index contributed by atoms with van der Waals surface area (Å²) in [5, 5.41) is 10.3. The van der Waals surface area contributed by atoms with Crippen LogP contribution in [0, 0.1) is 11.8 Å². The molecule has 1 aromatic heterocycles. The van der Waals surface area contributed by atoms with Gasteiger partial charge in [0, 0.05) is 12.7 Å². The van der Waals surface area contributed by atoms with E-state index in [1.165, 1.54) is 6.20 Å². The average Bonchev–Trinajstić information content (AvgIpc) is 3.08. The van der Waals surface area contributed by atoms with Crippen LogP contribution in [0.4, 0.5) is 23.8 Å². The molecule has 1 fully saturated rings. The Kier molecular flexibility index (Phi) is 13.9. The first-order chi connectivity index (χ1) is 24.8. The van der Waals surface area contributed by atoms with Crippen molar-refractivity contribution in [1.82, 2.24) is 15.6 Å². The van der Waals surface area contributed by atoms with E-state index in [4.69, 9.17) is 14.9 Å². The topological polar surface area (TPSA) is 128 Å². The lowest BCUT2D eigenvalue weighted by Crippen LogP contribution is -2.67. The van der Waals surface area contributed by atoms with Crippen molar-refractivity contribution in [2.24, 2.45) is 17.6 Å². The van der Waals surface area contributed by atoms with E-state index in [1.54, 1.807) is 32.9 Å². The molecule has 5 N–H and O–H groups in total. The number of anilines is 1. The molecule has 13 heteroatoms. The van der Waals surface area contributed by atoms with E-state index < -0.39 is 56.8 Å². The summed E-state index contributed by atoms with van der Waals surface area (Å²) in [6.45, 7) is 13.2. The van der Waals surface area contributed by atoms with Crippen molar-refractivity contribution in [2.75, 3.05) is 18.5 Å². The molecule has 1 aliphatic rings. The first-order valence-electron chi connectivity index (χ1n) is 18.4. The van der Waals surface area contributed by atoms with Gasteiger partial charge in [-0.15, -0.1) is 0 Å². The quantitative estimate of drug-likeness (QED) is 0.141. The predicted octanol–water partition coefficient (Wildman–Crippen LogP) is 6.84. The van der Waals surface area contributed by atoms with Gasteiger partial charge in [0.1, 0.15) is 23.5 Å². The highest BCUT2D eigenvalue weighted by Crippen LogP contribution is 2.38. The van der Waals surface area contributed by atoms with Crippen LogP contribution in [0.2, 0.25) is 5.04 Å². The molecular weight excluding hydrogens is 700 g/mol. The molecular formula is C40H56F3N5O4Si. The number of hydrogen-bond donors (Lipinski definition) is 4. The summed E-state index contributed by atoms with van der Waals surface area (Å²) in [4.78, 5) is 31.1. The Morgan fingerprint density at radius 3 is 1.98 bits per heavy atom. The maximum atomic E-state index is 13.9. The minimum atomic E-state index is -4.61. The number of nitrogens with one attached hydrogen (secondary N) is 3. The molecule has 3 aromatic rings. The van der Waals surface area contributed by atoms with Crippen LogP contribution in [0.15, 0.2) is 79.0 Å². The number of hydrogen-bond acceptors (Lipinski definition) is 7. The van der Waals surface area contributed by atoms with Gasteiger partial charge in [-0.05, 0) is 78.6 Å². The van der Waals surface area contributed by atoms with Crippen molar-refractivity contribution in [3.05, 3.63) is 84.6 Å². The highest BCUT2D eigenvalue weighted by molar-refractivity contribution is 6.99. The van der Waals surface area contributed by atoms with Crippen molar-refractivity contribution >= 4 is 36.5 Å². The second-order valence-corrected chi connectivity index (χ2v) is 20.5. The summed E-state index contributed by atoms with van der Waals surface area (Å²) < 4.78 is 53.5. The smallest absolute Gasteiger partial charge is 0.408 e. The van der Waals surface area contributed by atoms with Gasteiger partial charge in [0.15, 0.2) is 0 Å². The van der Waals surface area contributed by atoms with E-state index in [2.05, 4.69) is 48.6 Å². The van der Waals surface area contributed by atoms with Gasteiger partial charge in [0.2, 0.25) is 5.91 Å². The fraction of sp³-hybridized carbons (Fsp3) is 0.525. The number of nitrogens with two attached hydrogens (primary N) is 1. The molecule has 0 spiro atoms. The first-order valence-corrected chi connectivity index (χ1v) is 20.3. The molecule has 0 saturated heterocycles. The summed E-state index contributed by atoms with van der Waals surface area (Å²) in [5.41, 5.74) is 5.36. The maximum Gasteiger partial charge on any atom is 0.408 e. The summed E-state index contributed by atoms with van der Waals surface area (Å²) in [7, 11) is -3.08. The van der Waals surface area contributed by atoms with Crippen LogP contribution in [0.25, 0.3) is 0 Å². The Labute approximate surface area is 313 Å². The summed E-state index contributed by atoms with van der Waals surface area (Å²) >= 11 is 0. The van der Waals surface area contributed by atoms with Gasteiger partial charge in [-0.2, -0.15) is 13.2 Å². The number of rotatable bonds is 13. The van der Waals surface area contributed by atoms with Crippen molar-refractivity contribution in [3.8, 4) is 0 Å². The van der Waals surface area contributed by atoms with Gasteiger partial charge in [-0.3, -0.25) is 4.79 Å². The van der Waals surface area contributed by atoms with Gasteiger partial charge in [-0.25, -0.2) is 9.78 Å². The van der Waals surface area contributed by atoms with Gasteiger partial charge in [-0.1, -0.05) is 101 Å². The van der Waals surface area contributed by atoms with Crippen LogP contribution in [-0.4, -0.2) is 62.3 Å². The summed E-state index contributed by atoms with van der Waals surface area (Å²) in [5.74, 6) is 0.146. The molecule has 1 heterocycles. The average molecular weight is 756 g/mol. The Morgan fingerprint density at radius 2 is 1.47 bits per heavy atom. The second-order valence-electron chi connectivity index (χ2n) is 16.2. The SMILES string of the molecule is CC1CCC([C@H](NC(=O)OC(C)(C)C)C(=O)Nc2cc(C(CO[Si](c3ccccc3)(c3ccccc3)C(C)(C)C)NC[C@H](N)C(F)(F)F)ccn2)CC1. The van der Waals surface area contributed by atoms with Crippen LogP contribution in [-0.2, 0) is 14.0 Å². The highest BCUT2D eigenvalue weighted by atomic mass is 28.4. The van der Waals surface area contributed by atoms with Gasteiger partial charge >= 0.3 is 12.3 Å². The van der Waals surface area contributed by atoms with Gasteiger partial charge in [0.25, 0.3) is 8.32 Å². The number of halogens is 3.